The highest BCUT2D eigenvalue weighted by Crippen LogP contribution is 2.12. The van der Waals surface area contributed by atoms with Crippen molar-refractivity contribution in [1.82, 2.24) is 4.90 Å². The number of esters is 1. The SMILES string of the molecule is CCOC(=O)CCCN(C[P+](=O)[O-])C(=O)OCC. The molecule has 0 aromatic carbocycles. The minimum absolute atomic E-state index is 0.138. The van der Waals surface area contributed by atoms with Gasteiger partial charge in [0.25, 0.3) is 0 Å². The molecular weight excluding hydrogens is 261 g/mol. The minimum atomic E-state index is -2.71. The van der Waals surface area contributed by atoms with Crippen molar-refractivity contribution in [2.45, 2.75) is 26.7 Å². The van der Waals surface area contributed by atoms with Gasteiger partial charge in [-0.1, -0.05) is 4.57 Å². The molecule has 0 bridgehead atoms. The number of carbonyl (C=O) groups excluding carboxylic acids is 2. The van der Waals surface area contributed by atoms with Gasteiger partial charge in [-0.3, -0.25) is 9.69 Å². The van der Waals surface area contributed by atoms with E-state index in [0.29, 0.717) is 13.0 Å². The largest absolute Gasteiger partial charge is 0.594 e. The van der Waals surface area contributed by atoms with Crippen LogP contribution in [0, 0.1) is 0 Å². The fourth-order valence-electron chi connectivity index (χ4n) is 1.22. The van der Waals surface area contributed by atoms with Crippen molar-refractivity contribution in [1.29, 1.82) is 0 Å². The summed E-state index contributed by atoms with van der Waals surface area (Å²) >= 11 is 0. The molecule has 0 fully saturated rings. The predicted octanol–water partition coefficient (Wildman–Crippen LogP) is 0.848. The molecule has 0 heterocycles. The molecule has 0 saturated carbocycles. The van der Waals surface area contributed by atoms with Gasteiger partial charge in [0.05, 0.1) is 13.2 Å². The van der Waals surface area contributed by atoms with Crippen LogP contribution in [0.3, 0.4) is 0 Å². The molecule has 1 atom stereocenters. The zero-order valence-electron chi connectivity index (χ0n) is 10.6. The lowest BCUT2D eigenvalue weighted by Gasteiger charge is -2.17. The van der Waals surface area contributed by atoms with E-state index < -0.39 is 20.4 Å². The second kappa shape index (κ2) is 9.79. The van der Waals surface area contributed by atoms with E-state index in [4.69, 9.17) is 9.47 Å². The molecule has 0 aliphatic carbocycles. The number of hydrogen-bond acceptors (Lipinski definition) is 6. The molecule has 0 aliphatic heterocycles. The van der Waals surface area contributed by atoms with Gasteiger partial charge in [0.1, 0.15) is 0 Å². The van der Waals surface area contributed by atoms with Crippen molar-refractivity contribution < 1.29 is 28.5 Å². The summed E-state index contributed by atoms with van der Waals surface area (Å²) in [5.41, 5.74) is 0. The quantitative estimate of drug-likeness (QED) is 0.482. The number of rotatable bonds is 8. The fraction of sp³-hybridized carbons (Fsp3) is 0.800. The van der Waals surface area contributed by atoms with Crippen molar-refractivity contribution in [2.75, 3.05) is 26.0 Å². The van der Waals surface area contributed by atoms with Crippen LogP contribution < -0.4 is 4.89 Å². The van der Waals surface area contributed by atoms with Crippen LogP contribution in [0.4, 0.5) is 4.79 Å². The van der Waals surface area contributed by atoms with Gasteiger partial charge in [-0.15, -0.1) is 0 Å². The first-order valence-corrected chi connectivity index (χ1v) is 7.06. The van der Waals surface area contributed by atoms with Crippen LogP contribution in [0.5, 0.6) is 0 Å². The van der Waals surface area contributed by atoms with E-state index in [0.717, 1.165) is 4.90 Å². The molecule has 0 saturated heterocycles. The molecule has 1 amide bonds. The Morgan fingerprint density at radius 3 is 2.33 bits per heavy atom. The van der Waals surface area contributed by atoms with Crippen LogP contribution in [0.15, 0.2) is 0 Å². The third kappa shape index (κ3) is 7.97. The molecule has 0 spiro atoms. The minimum Gasteiger partial charge on any atom is -0.594 e. The number of carbonyl (C=O) groups is 2. The Labute approximate surface area is 107 Å². The van der Waals surface area contributed by atoms with Crippen molar-refractivity contribution in [2.24, 2.45) is 0 Å². The first-order chi connectivity index (χ1) is 8.51. The lowest BCUT2D eigenvalue weighted by Crippen LogP contribution is -2.33. The Balaban J connectivity index is 4.12. The molecule has 0 N–H and O–H groups in total. The average Bonchev–Trinajstić information content (AvgIpc) is 2.28. The molecule has 104 valence electrons. The van der Waals surface area contributed by atoms with Gasteiger partial charge in [0, 0.05) is 13.0 Å². The maximum absolute atomic E-state index is 11.4. The lowest BCUT2D eigenvalue weighted by molar-refractivity contribution is -0.166. The van der Waals surface area contributed by atoms with Crippen LogP contribution in [-0.2, 0) is 18.8 Å². The molecule has 0 rings (SSSR count). The number of hydrogen-bond donors (Lipinski definition) is 0. The van der Waals surface area contributed by atoms with Gasteiger partial charge in [-0.25, -0.2) is 4.79 Å². The standard InChI is InChI=1S/C10H18NO6P/c1-3-16-9(12)6-5-7-11(8-18(14)15)10(13)17-4-2/h3-8H2,1-2H3. The molecule has 7 nitrogen and oxygen atoms in total. The smallest absolute Gasteiger partial charge is 0.413 e. The topological polar surface area (TPSA) is 96.0 Å². The Morgan fingerprint density at radius 2 is 1.83 bits per heavy atom. The van der Waals surface area contributed by atoms with Gasteiger partial charge in [0.2, 0.25) is 6.29 Å². The summed E-state index contributed by atoms with van der Waals surface area (Å²) in [6.07, 6.45) is -0.627. The van der Waals surface area contributed by atoms with Crippen molar-refractivity contribution in [3.8, 4) is 0 Å². The second-order valence-corrected chi connectivity index (χ2v) is 4.29. The van der Waals surface area contributed by atoms with E-state index in [1.54, 1.807) is 13.8 Å². The van der Waals surface area contributed by atoms with Gasteiger partial charge < -0.3 is 14.4 Å². The van der Waals surface area contributed by atoms with Crippen LogP contribution in [-0.4, -0.2) is 43.0 Å². The summed E-state index contributed by atoms with van der Waals surface area (Å²) in [6, 6.07) is 0. The third-order valence-electron chi connectivity index (χ3n) is 1.93. The zero-order chi connectivity index (χ0) is 14.0. The molecule has 0 aromatic heterocycles. The zero-order valence-corrected chi connectivity index (χ0v) is 11.5. The maximum Gasteiger partial charge on any atom is 0.413 e. The Morgan fingerprint density at radius 1 is 1.22 bits per heavy atom. The molecule has 8 heteroatoms. The predicted molar refractivity (Wildman–Crippen MR) is 62.1 cm³/mol. The summed E-state index contributed by atoms with van der Waals surface area (Å²) in [5, 5.41) is 0. The summed E-state index contributed by atoms with van der Waals surface area (Å²) in [4.78, 5) is 34.1. The lowest BCUT2D eigenvalue weighted by atomic mass is 10.3. The summed E-state index contributed by atoms with van der Waals surface area (Å²) in [5.74, 6) is -0.368. The van der Waals surface area contributed by atoms with Crippen molar-refractivity contribution >= 4 is 20.1 Å². The van der Waals surface area contributed by atoms with E-state index in [2.05, 4.69) is 0 Å². The highest BCUT2D eigenvalue weighted by molar-refractivity contribution is 7.36. The molecule has 0 aliphatic rings. The second-order valence-electron chi connectivity index (χ2n) is 3.35. The van der Waals surface area contributed by atoms with Crippen LogP contribution in [0.1, 0.15) is 26.7 Å². The Hall–Kier alpha value is -1.20. The van der Waals surface area contributed by atoms with Gasteiger partial charge in [0.15, 0.2) is 0 Å². The first-order valence-electron chi connectivity index (χ1n) is 5.70. The molecule has 1 unspecified atom stereocenters. The van der Waals surface area contributed by atoms with E-state index in [9.17, 15) is 19.0 Å². The Bertz CT molecular complexity index is 296. The maximum atomic E-state index is 11.4. The highest BCUT2D eigenvalue weighted by atomic mass is 31.1. The molecular formula is C10H18NO6P. The number of ether oxygens (including phenoxy) is 2. The summed E-state index contributed by atoms with van der Waals surface area (Å²) in [7, 11) is -2.71. The summed E-state index contributed by atoms with van der Waals surface area (Å²) in [6.45, 7) is 3.94. The van der Waals surface area contributed by atoms with E-state index >= 15 is 0 Å². The molecule has 18 heavy (non-hydrogen) atoms. The number of nitrogens with zero attached hydrogens (tertiary/aromatic N) is 1. The van der Waals surface area contributed by atoms with Crippen LogP contribution in [0.2, 0.25) is 0 Å². The van der Waals surface area contributed by atoms with Crippen LogP contribution in [0.25, 0.3) is 0 Å². The first kappa shape index (κ1) is 16.8. The average molecular weight is 279 g/mol. The highest BCUT2D eigenvalue weighted by Gasteiger charge is 2.20. The van der Waals surface area contributed by atoms with Gasteiger partial charge in [-0.2, -0.15) is 0 Å². The van der Waals surface area contributed by atoms with Gasteiger partial charge in [-0.05, 0) is 20.3 Å². The molecule has 0 aromatic rings. The van der Waals surface area contributed by atoms with E-state index in [1.165, 1.54) is 0 Å². The Kier molecular flexibility index (Phi) is 9.14. The summed E-state index contributed by atoms with van der Waals surface area (Å²) < 4.78 is 20.0. The van der Waals surface area contributed by atoms with Crippen molar-refractivity contribution in [3.63, 3.8) is 0 Å². The monoisotopic (exact) mass is 279 g/mol. The van der Waals surface area contributed by atoms with Gasteiger partial charge >= 0.3 is 20.1 Å². The van der Waals surface area contributed by atoms with E-state index in [1.807, 2.05) is 0 Å². The molecule has 0 radical (unpaired) electrons. The van der Waals surface area contributed by atoms with Crippen molar-refractivity contribution in [3.05, 3.63) is 0 Å². The van der Waals surface area contributed by atoms with E-state index in [-0.39, 0.29) is 25.5 Å². The van der Waals surface area contributed by atoms with Crippen LogP contribution >= 0.6 is 8.03 Å². The normalized spacial score (nSPS) is 10.7. The number of amides is 1. The fourth-order valence-corrected chi connectivity index (χ4v) is 1.76. The third-order valence-corrected chi connectivity index (χ3v) is 2.50.